The van der Waals surface area contributed by atoms with Gasteiger partial charge in [-0.15, -0.1) is 0 Å². The van der Waals surface area contributed by atoms with Gasteiger partial charge in [-0.3, -0.25) is 14.9 Å². The standard InChI is InChI=1S/C25H23ClN2O6/c1-15-22(25(30)34-13-12-33-17-6-3-2-4-7-17)23(24-20(27-15)8-5-9-21(24)29)18-14-16(28(31)32)10-11-19(18)26/h2-4,6-7,10-11,14,23,27H,5,8-9,12-13H2,1H3/t23-/m0/s1. The fourth-order valence-electron chi connectivity index (χ4n) is 4.32. The molecule has 0 radical (unpaired) electrons. The average Bonchev–Trinajstić information content (AvgIpc) is 2.82. The summed E-state index contributed by atoms with van der Waals surface area (Å²) in [5.41, 5.74) is 2.00. The molecule has 1 aliphatic carbocycles. The van der Waals surface area contributed by atoms with Crippen LogP contribution in [0.3, 0.4) is 0 Å². The fraction of sp³-hybridized carbons (Fsp3) is 0.280. The van der Waals surface area contributed by atoms with Gasteiger partial charge in [0.15, 0.2) is 5.78 Å². The molecule has 0 unspecified atom stereocenters. The molecule has 1 atom stereocenters. The first-order valence-corrected chi connectivity index (χ1v) is 11.3. The average molecular weight is 483 g/mol. The number of benzene rings is 2. The number of allylic oxidation sites excluding steroid dienone is 3. The zero-order chi connectivity index (χ0) is 24.2. The Morgan fingerprint density at radius 2 is 1.94 bits per heavy atom. The van der Waals surface area contributed by atoms with Gasteiger partial charge in [0.25, 0.3) is 5.69 Å². The summed E-state index contributed by atoms with van der Waals surface area (Å²) in [7, 11) is 0. The van der Waals surface area contributed by atoms with Gasteiger partial charge in [-0.05, 0) is 43.5 Å². The second kappa shape index (κ2) is 10.1. The van der Waals surface area contributed by atoms with Crippen molar-refractivity contribution in [3.8, 4) is 5.75 Å². The molecule has 9 heteroatoms. The van der Waals surface area contributed by atoms with Crippen LogP contribution < -0.4 is 10.1 Å². The van der Waals surface area contributed by atoms with Gasteiger partial charge in [-0.25, -0.2) is 4.79 Å². The molecule has 34 heavy (non-hydrogen) atoms. The van der Waals surface area contributed by atoms with Crippen LogP contribution in [-0.2, 0) is 14.3 Å². The number of ketones is 1. The Morgan fingerprint density at radius 1 is 1.18 bits per heavy atom. The molecule has 1 N–H and O–H groups in total. The monoisotopic (exact) mass is 482 g/mol. The van der Waals surface area contributed by atoms with E-state index in [1.54, 1.807) is 19.1 Å². The van der Waals surface area contributed by atoms with Gasteiger partial charge >= 0.3 is 5.97 Å². The summed E-state index contributed by atoms with van der Waals surface area (Å²) in [6.07, 6.45) is 1.65. The Labute approximate surface area is 201 Å². The summed E-state index contributed by atoms with van der Waals surface area (Å²) in [5, 5.41) is 14.8. The van der Waals surface area contributed by atoms with Crippen molar-refractivity contribution >= 4 is 29.0 Å². The number of para-hydroxylation sites is 1. The van der Waals surface area contributed by atoms with Crippen molar-refractivity contribution in [3.05, 3.63) is 91.8 Å². The lowest BCUT2D eigenvalue weighted by molar-refractivity contribution is -0.384. The van der Waals surface area contributed by atoms with Gasteiger partial charge in [0.05, 0.1) is 10.5 Å². The number of hydrogen-bond donors (Lipinski definition) is 1. The number of nitro groups is 1. The molecule has 2 aromatic rings. The van der Waals surface area contributed by atoms with Gasteiger partial charge < -0.3 is 14.8 Å². The molecule has 0 amide bonds. The van der Waals surface area contributed by atoms with Crippen molar-refractivity contribution in [1.29, 1.82) is 0 Å². The molecule has 0 saturated heterocycles. The third-order valence-corrected chi connectivity index (χ3v) is 6.17. The molecule has 1 aliphatic heterocycles. The number of carbonyl (C=O) groups excluding carboxylic acids is 2. The largest absolute Gasteiger partial charge is 0.490 e. The molecule has 0 aromatic heterocycles. The van der Waals surface area contributed by atoms with Crippen molar-refractivity contribution < 1.29 is 24.0 Å². The summed E-state index contributed by atoms with van der Waals surface area (Å²) in [4.78, 5) is 37.1. The number of nitro benzene ring substituents is 1. The van der Waals surface area contributed by atoms with Crippen LogP contribution in [0.2, 0.25) is 5.02 Å². The topological polar surface area (TPSA) is 108 Å². The molecule has 1 heterocycles. The van der Waals surface area contributed by atoms with Crippen LogP contribution in [0.5, 0.6) is 5.75 Å². The van der Waals surface area contributed by atoms with Crippen LogP contribution in [0.1, 0.15) is 37.7 Å². The molecule has 2 aromatic carbocycles. The lowest BCUT2D eigenvalue weighted by atomic mass is 9.75. The predicted octanol–water partition coefficient (Wildman–Crippen LogP) is 4.84. The highest BCUT2D eigenvalue weighted by atomic mass is 35.5. The summed E-state index contributed by atoms with van der Waals surface area (Å²) < 4.78 is 11.1. The lowest BCUT2D eigenvalue weighted by Crippen LogP contribution is -2.34. The Bertz CT molecular complexity index is 1210. The maximum Gasteiger partial charge on any atom is 0.336 e. The van der Waals surface area contributed by atoms with E-state index in [9.17, 15) is 19.7 Å². The van der Waals surface area contributed by atoms with E-state index in [0.717, 1.165) is 0 Å². The molecule has 2 aliphatic rings. The molecule has 8 nitrogen and oxygen atoms in total. The number of nitrogens with zero attached hydrogens (tertiary/aromatic N) is 1. The fourth-order valence-corrected chi connectivity index (χ4v) is 4.55. The van der Waals surface area contributed by atoms with Gasteiger partial charge in [-0.1, -0.05) is 29.8 Å². The van der Waals surface area contributed by atoms with Gasteiger partial charge in [0, 0.05) is 46.5 Å². The van der Waals surface area contributed by atoms with E-state index in [2.05, 4.69) is 5.32 Å². The molecule has 176 valence electrons. The van der Waals surface area contributed by atoms with E-state index in [1.165, 1.54) is 18.2 Å². The number of halogens is 1. The van der Waals surface area contributed by atoms with Gasteiger partial charge in [0.2, 0.25) is 0 Å². The summed E-state index contributed by atoms with van der Waals surface area (Å²) >= 11 is 6.45. The van der Waals surface area contributed by atoms with Crippen molar-refractivity contribution in [1.82, 2.24) is 5.32 Å². The first-order chi connectivity index (χ1) is 16.4. The lowest BCUT2D eigenvalue weighted by Gasteiger charge is -2.34. The third kappa shape index (κ3) is 4.82. The molecule has 0 bridgehead atoms. The Balaban J connectivity index is 1.64. The van der Waals surface area contributed by atoms with Crippen molar-refractivity contribution in [2.45, 2.75) is 32.1 Å². The quantitative estimate of drug-likeness (QED) is 0.260. The van der Waals surface area contributed by atoms with E-state index in [4.69, 9.17) is 21.1 Å². The first-order valence-electron chi connectivity index (χ1n) is 10.9. The number of non-ortho nitro benzene ring substituents is 1. The number of carbonyl (C=O) groups is 2. The number of esters is 1. The Morgan fingerprint density at radius 3 is 2.68 bits per heavy atom. The van der Waals surface area contributed by atoms with Crippen LogP contribution in [0.15, 0.2) is 71.1 Å². The molecule has 0 spiro atoms. The minimum absolute atomic E-state index is 0.0141. The second-order valence-corrected chi connectivity index (χ2v) is 8.43. The molecule has 0 fully saturated rings. The van der Waals surface area contributed by atoms with Crippen molar-refractivity contribution in [2.24, 2.45) is 0 Å². The highest BCUT2D eigenvalue weighted by Crippen LogP contribution is 2.45. The smallest absolute Gasteiger partial charge is 0.336 e. The van der Waals surface area contributed by atoms with Gasteiger partial charge in [-0.2, -0.15) is 0 Å². The zero-order valence-electron chi connectivity index (χ0n) is 18.5. The van der Waals surface area contributed by atoms with Crippen LogP contribution in [-0.4, -0.2) is 29.9 Å². The van der Waals surface area contributed by atoms with E-state index in [0.29, 0.717) is 47.5 Å². The molecular formula is C25H23ClN2O6. The molecular weight excluding hydrogens is 460 g/mol. The second-order valence-electron chi connectivity index (χ2n) is 8.03. The van der Waals surface area contributed by atoms with Crippen LogP contribution >= 0.6 is 11.6 Å². The predicted molar refractivity (Wildman–Crippen MR) is 125 cm³/mol. The summed E-state index contributed by atoms with van der Waals surface area (Å²) in [6, 6.07) is 13.2. The number of dihydropyridines is 1. The van der Waals surface area contributed by atoms with E-state index >= 15 is 0 Å². The normalized spacial score (nSPS) is 17.7. The maximum atomic E-state index is 13.2. The van der Waals surface area contributed by atoms with E-state index < -0.39 is 16.8 Å². The number of hydrogen-bond acceptors (Lipinski definition) is 7. The maximum absolute atomic E-state index is 13.2. The van der Waals surface area contributed by atoms with Crippen LogP contribution in [0.25, 0.3) is 0 Å². The van der Waals surface area contributed by atoms with E-state index in [1.807, 2.05) is 18.2 Å². The van der Waals surface area contributed by atoms with Crippen molar-refractivity contribution in [3.63, 3.8) is 0 Å². The van der Waals surface area contributed by atoms with Gasteiger partial charge in [0.1, 0.15) is 19.0 Å². The number of ether oxygens (including phenoxy) is 2. The summed E-state index contributed by atoms with van der Waals surface area (Å²) in [6.45, 7) is 1.85. The van der Waals surface area contributed by atoms with Crippen molar-refractivity contribution in [2.75, 3.05) is 13.2 Å². The minimum Gasteiger partial charge on any atom is -0.490 e. The number of nitrogens with one attached hydrogen (secondary N) is 1. The first kappa shape index (κ1) is 23.5. The minimum atomic E-state index is -0.862. The van der Waals surface area contributed by atoms with Crippen LogP contribution in [0, 0.1) is 10.1 Å². The van der Waals surface area contributed by atoms with E-state index in [-0.39, 0.29) is 35.3 Å². The highest BCUT2D eigenvalue weighted by molar-refractivity contribution is 6.31. The number of Topliss-reactive ketones (excluding diaryl/α,β-unsaturated/α-hetero) is 1. The molecule has 4 rings (SSSR count). The third-order valence-electron chi connectivity index (χ3n) is 5.83. The SMILES string of the molecule is CC1=C(C(=O)OCCOc2ccccc2)[C@H](c2cc([N+](=O)[O-])ccc2Cl)C2=C(CCCC2=O)N1. The molecule has 0 saturated carbocycles. The Hall–Kier alpha value is -3.65. The van der Waals surface area contributed by atoms with Crippen LogP contribution in [0.4, 0.5) is 5.69 Å². The zero-order valence-corrected chi connectivity index (χ0v) is 19.3. The highest BCUT2D eigenvalue weighted by Gasteiger charge is 2.40. The summed E-state index contributed by atoms with van der Waals surface area (Å²) in [5.74, 6) is -0.971. The number of rotatable bonds is 7. The Kier molecular flexibility index (Phi) is 6.98.